The minimum atomic E-state index is -0.490. The number of hydrogen-bond acceptors (Lipinski definition) is 7. The molecule has 0 heterocycles. The van der Waals surface area contributed by atoms with Gasteiger partial charge in [-0.1, -0.05) is 20.8 Å². The molecule has 2 aromatic carbocycles. The molecule has 0 spiro atoms. The van der Waals surface area contributed by atoms with Gasteiger partial charge >= 0.3 is 11.9 Å². The maximum atomic E-state index is 12.2. The Kier molecular flexibility index (Phi) is 9.89. The fourth-order valence-electron chi connectivity index (χ4n) is 3.14. The van der Waals surface area contributed by atoms with Crippen LogP contribution in [0.2, 0.25) is 0 Å². The van der Waals surface area contributed by atoms with Crippen LogP contribution in [-0.2, 0) is 9.53 Å². The number of esters is 2. The maximum absolute atomic E-state index is 12.2. The third kappa shape index (κ3) is 9.34. The first-order valence-corrected chi connectivity index (χ1v) is 11.0. The van der Waals surface area contributed by atoms with E-state index >= 15 is 0 Å². The molecule has 0 aliphatic carbocycles. The van der Waals surface area contributed by atoms with Gasteiger partial charge in [-0.25, -0.2) is 4.79 Å². The third-order valence-electron chi connectivity index (χ3n) is 4.81. The van der Waals surface area contributed by atoms with Gasteiger partial charge in [-0.05, 0) is 73.2 Å². The van der Waals surface area contributed by atoms with Crippen LogP contribution < -0.4 is 15.2 Å². The molecule has 2 rings (SSSR count). The van der Waals surface area contributed by atoms with Gasteiger partial charge in [0.05, 0.1) is 36.3 Å². The van der Waals surface area contributed by atoms with E-state index in [2.05, 4.69) is 20.8 Å². The summed E-state index contributed by atoms with van der Waals surface area (Å²) in [6, 6.07) is 15.0. The van der Waals surface area contributed by atoms with Crippen molar-refractivity contribution in [1.29, 1.82) is 5.26 Å². The van der Waals surface area contributed by atoms with E-state index in [9.17, 15) is 9.59 Å². The van der Waals surface area contributed by atoms with Crippen molar-refractivity contribution >= 4 is 11.9 Å². The lowest BCUT2D eigenvalue weighted by Gasteiger charge is -2.23. The molecule has 2 N–H and O–H groups in total. The zero-order chi connectivity index (χ0) is 24.3. The average molecular weight is 453 g/mol. The van der Waals surface area contributed by atoms with Crippen molar-refractivity contribution in [3.8, 4) is 17.6 Å². The third-order valence-corrected chi connectivity index (χ3v) is 4.81. The van der Waals surface area contributed by atoms with Crippen molar-refractivity contribution in [2.75, 3.05) is 19.8 Å². The van der Waals surface area contributed by atoms with Gasteiger partial charge in [0.15, 0.2) is 0 Å². The summed E-state index contributed by atoms with van der Waals surface area (Å²) in [5.41, 5.74) is 6.62. The van der Waals surface area contributed by atoms with Crippen molar-refractivity contribution in [2.45, 2.75) is 40.0 Å². The monoisotopic (exact) mass is 452 g/mol. The zero-order valence-electron chi connectivity index (χ0n) is 19.5. The van der Waals surface area contributed by atoms with E-state index in [-0.39, 0.29) is 23.8 Å². The highest BCUT2D eigenvalue weighted by Gasteiger charge is 2.24. The Morgan fingerprint density at radius 3 is 2.15 bits per heavy atom. The van der Waals surface area contributed by atoms with Crippen LogP contribution in [0.15, 0.2) is 48.5 Å². The highest BCUT2D eigenvalue weighted by Crippen LogP contribution is 2.24. The van der Waals surface area contributed by atoms with Crippen LogP contribution in [0.5, 0.6) is 11.5 Å². The lowest BCUT2D eigenvalue weighted by molar-refractivity contribution is -0.149. The summed E-state index contributed by atoms with van der Waals surface area (Å²) < 4.78 is 16.3. The highest BCUT2D eigenvalue weighted by molar-refractivity contribution is 5.91. The van der Waals surface area contributed by atoms with Crippen molar-refractivity contribution in [3.05, 3.63) is 59.7 Å². The predicted molar refractivity (Wildman–Crippen MR) is 125 cm³/mol. The first-order chi connectivity index (χ1) is 15.7. The maximum Gasteiger partial charge on any atom is 0.343 e. The molecule has 176 valence electrons. The van der Waals surface area contributed by atoms with Gasteiger partial charge in [-0.2, -0.15) is 5.26 Å². The van der Waals surface area contributed by atoms with E-state index in [1.54, 1.807) is 48.5 Å². The normalized spacial score (nSPS) is 11.8. The quantitative estimate of drug-likeness (QED) is 0.304. The molecule has 0 aliphatic rings. The summed E-state index contributed by atoms with van der Waals surface area (Å²) in [6.07, 6.45) is 2.11. The molecular formula is C26H32N2O5. The van der Waals surface area contributed by atoms with E-state index < -0.39 is 5.97 Å². The molecule has 0 amide bonds. The first-order valence-electron chi connectivity index (χ1n) is 11.0. The van der Waals surface area contributed by atoms with Gasteiger partial charge in [-0.15, -0.1) is 0 Å². The van der Waals surface area contributed by atoms with Crippen LogP contribution in [0.25, 0.3) is 0 Å². The minimum Gasteiger partial charge on any atom is -0.494 e. The van der Waals surface area contributed by atoms with Gasteiger partial charge < -0.3 is 19.9 Å². The summed E-state index contributed by atoms with van der Waals surface area (Å²) in [4.78, 5) is 24.4. The highest BCUT2D eigenvalue weighted by atomic mass is 16.5. The number of carbonyl (C=O) groups is 2. The average Bonchev–Trinajstić information content (AvgIpc) is 2.79. The first kappa shape index (κ1) is 25.9. The van der Waals surface area contributed by atoms with E-state index in [0.717, 1.165) is 6.42 Å². The number of nitriles is 1. The largest absolute Gasteiger partial charge is 0.494 e. The lowest BCUT2D eigenvalue weighted by atomic mass is 9.85. The van der Waals surface area contributed by atoms with Crippen LogP contribution in [-0.4, -0.2) is 31.7 Å². The lowest BCUT2D eigenvalue weighted by Crippen LogP contribution is -2.29. The molecule has 2 aromatic rings. The Labute approximate surface area is 195 Å². The van der Waals surface area contributed by atoms with Gasteiger partial charge in [-0.3, -0.25) is 4.79 Å². The van der Waals surface area contributed by atoms with Crippen LogP contribution in [0.4, 0.5) is 0 Å². The van der Waals surface area contributed by atoms with Crippen LogP contribution in [0.1, 0.15) is 56.0 Å². The molecule has 0 fully saturated rings. The van der Waals surface area contributed by atoms with Gasteiger partial charge in [0.1, 0.15) is 11.5 Å². The molecule has 33 heavy (non-hydrogen) atoms. The van der Waals surface area contributed by atoms with Gasteiger partial charge in [0, 0.05) is 6.54 Å². The molecule has 0 saturated carbocycles. The second-order valence-electron chi connectivity index (χ2n) is 8.97. The Hall–Kier alpha value is -3.37. The van der Waals surface area contributed by atoms with E-state index in [0.29, 0.717) is 48.7 Å². The summed E-state index contributed by atoms with van der Waals surface area (Å²) in [6.45, 7) is 7.31. The molecule has 7 heteroatoms. The summed E-state index contributed by atoms with van der Waals surface area (Å²) >= 11 is 0. The summed E-state index contributed by atoms with van der Waals surface area (Å²) in [7, 11) is 0. The molecule has 0 aliphatic heterocycles. The predicted octanol–water partition coefficient (Wildman–Crippen LogP) is 4.49. The van der Waals surface area contributed by atoms with Gasteiger partial charge in [0.25, 0.3) is 0 Å². The number of hydrogen-bond donors (Lipinski definition) is 1. The number of carbonyl (C=O) groups excluding carboxylic acids is 2. The van der Waals surface area contributed by atoms with Crippen molar-refractivity contribution < 1.29 is 23.8 Å². The topological polar surface area (TPSA) is 112 Å². The molecule has 7 nitrogen and oxygen atoms in total. The molecule has 1 unspecified atom stereocenters. The van der Waals surface area contributed by atoms with Crippen LogP contribution in [0, 0.1) is 22.7 Å². The molecular weight excluding hydrogens is 420 g/mol. The smallest absolute Gasteiger partial charge is 0.343 e. The van der Waals surface area contributed by atoms with Crippen molar-refractivity contribution in [3.63, 3.8) is 0 Å². The fourth-order valence-corrected chi connectivity index (χ4v) is 3.14. The van der Waals surface area contributed by atoms with E-state index in [4.69, 9.17) is 25.2 Å². The number of nitrogens with two attached hydrogens (primary N) is 1. The Morgan fingerprint density at radius 1 is 0.970 bits per heavy atom. The fraction of sp³-hybridized carbons (Fsp3) is 0.423. The number of benzene rings is 2. The Balaban J connectivity index is 1.68. The van der Waals surface area contributed by atoms with Crippen LogP contribution in [0.3, 0.4) is 0 Å². The molecule has 0 bridgehead atoms. The van der Waals surface area contributed by atoms with E-state index in [1.165, 1.54) is 0 Å². The Morgan fingerprint density at radius 2 is 1.58 bits per heavy atom. The molecule has 0 aromatic heterocycles. The summed E-state index contributed by atoms with van der Waals surface area (Å²) in [5.74, 6) is 0.00187. The zero-order valence-corrected chi connectivity index (χ0v) is 19.5. The SMILES string of the molecule is CC(C)(C)CC(CN)C(=O)OCCCCOc1ccc(C(=O)Oc2ccc(C#N)cc2)cc1. The van der Waals surface area contributed by atoms with E-state index in [1.807, 2.05) is 6.07 Å². The number of ether oxygens (including phenoxy) is 3. The minimum absolute atomic E-state index is 0.0207. The second kappa shape index (κ2) is 12.6. The standard InChI is InChI=1S/C26H32N2O5/c1-26(2,3)16-21(18-28)24(29)32-15-5-4-14-31-22-12-8-20(9-13-22)25(30)33-23-10-6-19(17-27)7-11-23/h6-13,21H,4-5,14-16,18,28H2,1-3H3. The van der Waals surface area contributed by atoms with Crippen LogP contribution >= 0.6 is 0 Å². The second-order valence-corrected chi connectivity index (χ2v) is 8.97. The molecule has 1 atom stereocenters. The number of nitrogens with zero attached hydrogens (tertiary/aromatic N) is 1. The Bertz CT molecular complexity index is 941. The van der Waals surface area contributed by atoms with Gasteiger partial charge in [0.2, 0.25) is 0 Å². The molecule has 0 radical (unpaired) electrons. The summed E-state index contributed by atoms with van der Waals surface area (Å²) in [5, 5.41) is 8.81. The van der Waals surface area contributed by atoms with Crippen molar-refractivity contribution in [1.82, 2.24) is 0 Å². The van der Waals surface area contributed by atoms with Crippen molar-refractivity contribution in [2.24, 2.45) is 17.1 Å². The molecule has 0 saturated heterocycles. The number of rotatable bonds is 11. The number of unbranched alkanes of at least 4 members (excludes halogenated alkanes) is 1.